The second-order valence-corrected chi connectivity index (χ2v) is 5.24. The van der Waals surface area contributed by atoms with Crippen LogP contribution in [0.4, 0.5) is 0 Å². The quantitative estimate of drug-likeness (QED) is 0.783. The fourth-order valence-corrected chi connectivity index (χ4v) is 2.60. The minimum Gasteiger partial charge on any atom is -0.339 e. The number of piperidine rings is 1. The lowest BCUT2D eigenvalue weighted by Gasteiger charge is -2.39. The van der Waals surface area contributed by atoms with Crippen molar-refractivity contribution >= 4 is 5.91 Å². The van der Waals surface area contributed by atoms with Crippen LogP contribution < -0.4 is 5.73 Å². The zero-order valence-corrected chi connectivity index (χ0v) is 11.5. The summed E-state index contributed by atoms with van der Waals surface area (Å²) in [6.07, 6.45) is 3.52. The van der Waals surface area contributed by atoms with E-state index in [4.69, 9.17) is 5.73 Å². The van der Waals surface area contributed by atoms with E-state index in [9.17, 15) is 4.79 Å². The van der Waals surface area contributed by atoms with Gasteiger partial charge in [0.05, 0.1) is 0 Å². The number of likely N-dealkylation sites (tertiary alicyclic amines) is 1. The van der Waals surface area contributed by atoms with Gasteiger partial charge in [-0.15, -0.1) is 0 Å². The fourth-order valence-electron chi connectivity index (χ4n) is 2.60. The Morgan fingerprint density at radius 1 is 1.47 bits per heavy atom. The number of nitrogens with two attached hydrogens (primary N) is 1. The molecule has 1 saturated heterocycles. The largest absolute Gasteiger partial charge is 0.339 e. The molecule has 17 heavy (non-hydrogen) atoms. The van der Waals surface area contributed by atoms with Gasteiger partial charge in [-0.2, -0.15) is 0 Å². The van der Waals surface area contributed by atoms with Crippen LogP contribution in [0.3, 0.4) is 0 Å². The van der Waals surface area contributed by atoms with E-state index in [0.717, 1.165) is 32.5 Å². The maximum absolute atomic E-state index is 11.6. The van der Waals surface area contributed by atoms with Crippen LogP contribution in [0.2, 0.25) is 0 Å². The molecular weight excluding hydrogens is 214 g/mol. The lowest BCUT2D eigenvalue weighted by atomic mass is 10.0. The Morgan fingerprint density at radius 2 is 2.18 bits per heavy atom. The summed E-state index contributed by atoms with van der Waals surface area (Å²) in [5, 5.41) is 0. The molecule has 1 amide bonds. The molecule has 0 spiro atoms. The monoisotopic (exact) mass is 241 g/mol. The third kappa shape index (κ3) is 4.28. The minimum atomic E-state index is 0.214. The molecule has 0 unspecified atom stereocenters. The smallest absolute Gasteiger partial charge is 0.219 e. The van der Waals surface area contributed by atoms with Crippen LogP contribution in [0.5, 0.6) is 0 Å². The molecule has 0 aromatic rings. The molecule has 0 aromatic heterocycles. The van der Waals surface area contributed by atoms with Crippen LogP contribution >= 0.6 is 0 Å². The number of nitrogens with zero attached hydrogens (tertiary/aromatic N) is 2. The van der Waals surface area contributed by atoms with E-state index in [1.165, 1.54) is 6.42 Å². The van der Waals surface area contributed by atoms with Gasteiger partial charge in [0.2, 0.25) is 5.91 Å². The van der Waals surface area contributed by atoms with Gasteiger partial charge in [0.15, 0.2) is 0 Å². The van der Waals surface area contributed by atoms with Gasteiger partial charge in [0.1, 0.15) is 0 Å². The number of hydrogen-bond acceptors (Lipinski definition) is 3. The number of carbonyl (C=O) groups is 1. The van der Waals surface area contributed by atoms with E-state index < -0.39 is 0 Å². The molecule has 1 aliphatic rings. The molecule has 0 aromatic carbocycles. The lowest BCUT2D eigenvalue weighted by Crippen LogP contribution is -2.50. The molecule has 100 valence electrons. The van der Waals surface area contributed by atoms with Gasteiger partial charge in [-0.1, -0.05) is 0 Å². The van der Waals surface area contributed by atoms with Gasteiger partial charge in [0, 0.05) is 45.2 Å². The Hall–Kier alpha value is -0.610. The number of rotatable bonds is 5. The zero-order chi connectivity index (χ0) is 12.8. The van der Waals surface area contributed by atoms with Crippen molar-refractivity contribution in [3.05, 3.63) is 0 Å². The van der Waals surface area contributed by atoms with Crippen molar-refractivity contribution in [1.29, 1.82) is 0 Å². The molecule has 0 saturated carbocycles. The van der Waals surface area contributed by atoms with Crippen molar-refractivity contribution in [3.8, 4) is 0 Å². The molecule has 1 atom stereocenters. The van der Waals surface area contributed by atoms with Gasteiger partial charge in [-0.05, 0) is 33.1 Å². The van der Waals surface area contributed by atoms with E-state index in [-0.39, 0.29) is 5.91 Å². The summed E-state index contributed by atoms with van der Waals surface area (Å²) >= 11 is 0. The van der Waals surface area contributed by atoms with Crippen molar-refractivity contribution in [2.45, 2.75) is 52.1 Å². The summed E-state index contributed by atoms with van der Waals surface area (Å²) in [5.74, 6) is 0.214. The second kappa shape index (κ2) is 6.97. The highest BCUT2D eigenvalue weighted by Crippen LogP contribution is 2.18. The standard InChI is InChI=1S/C13H27N3O/c1-11(2)15(9-7-14)10-13-6-4-5-8-16(13)12(3)17/h11,13H,4-10,14H2,1-3H3/t13-/m1/s1. The highest BCUT2D eigenvalue weighted by molar-refractivity contribution is 5.73. The third-order valence-corrected chi connectivity index (χ3v) is 3.62. The Labute approximate surface area is 105 Å². The summed E-state index contributed by atoms with van der Waals surface area (Å²) in [5.41, 5.74) is 5.64. The second-order valence-electron chi connectivity index (χ2n) is 5.24. The minimum absolute atomic E-state index is 0.214. The SMILES string of the molecule is CC(=O)N1CCCC[C@@H]1CN(CCN)C(C)C. The maximum atomic E-state index is 11.6. The summed E-state index contributed by atoms with van der Waals surface area (Å²) in [7, 11) is 0. The molecule has 1 aliphatic heterocycles. The molecule has 4 heteroatoms. The van der Waals surface area contributed by atoms with Crippen LogP contribution in [-0.2, 0) is 4.79 Å². The Bertz CT molecular complexity index is 243. The summed E-state index contributed by atoms with van der Waals surface area (Å²) < 4.78 is 0. The molecule has 1 rings (SSSR count). The summed E-state index contributed by atoms with van der Waals surface area (Å²) in [4.78, 5) is 16.0. The van der Waals surface area contributed by atoms with Crippen LogP contribution in [0.1, 0.15) is 40.0 Å². The molecule has 1 heterocycles. The van der Waals surface area contributed by atoms with Gasteiger partial charge in [0.25, 0.3) is 0 Å². The Kier molecular flexibility index (Phi) is 5.92. The first-order chi connectivity index (χ1) is 8.06. The average Bonchev–Trinajstić information content (AvgIpc) is 2.28. The maximum Gasteiger partial charge on any atom is 0.219 e. The van der Waals surface area contributed by atoms with E-state index in [0.29, 0.717) is 18.6 Å². The van der Waals surface area contributed by atoms with Crippen LogP contribution in [0, 0.1) is 0 Å². The number of carbonyl (C=O) groups excluding carboxylic acids is 1. The number of hydrogen-bond donors (Lipinski definition) is 1. The number of amides is 1. The first-order valence-electron chi connectivity index (χ1n) is 6.77. The van der Waals surface area contributed by atoms with Gasteiger partial charge in [-0.25, -0.2) is 0 Å². The van der Waals surface area contributed by atoms with E-state index in [1.807, 2.05) is 4.90 Å². The Balaban J connectivity index is 2.58. The molecule has 2 N–H and O–H groups in total. The van der Waals surface area contributed by atoms with Crippen molar-refractivity contribution < 1.29 is 4.79 Å². The first kappa shape index (κ1) is 14.5. The fraction of sp³-hybridized carbons (Fsp3) is 0.923. The van der Waals surface area contributed by atoms with Crippen LogP contribution in [0.25, 0.3) is 0 Å². The predicted octanol–water partition coefficient (Wildman–Crippen LogP) is 1.06. The third-order valence-electron chi connectivity index (χ3n) is 3.62. The molecule has 1 fully saturated rings. The van der Waals surface area contributed by atoms with E-state index in [1.54, 1.807) is 6.92 Å². The van der Waals surface area contributed by atoms with Gasteiger partial charge >= 0.3 is 0 Å². The summed E-state index contributed by atoms with van der Waals surface area (Å²) in [6, 6.07) is 0.879. The molecule has 0 aliphatic carbocycles. The Morgan fingerprint density at radius 3 is 2.71 bits per heavy atom. The van der Waals surface area contributed by atoms with Crippen molar-refractivity contribution in [1.82, 2.24) is 9.80 Å². The van der Waals surface area contributed by atoms with Crippen LogP contribution in [-0.4, -0.2) is 54.0 Å². The molecular formula is C13H27N3O. The molecule has 0 bridgehead atoms. The van der Waals surface area contributed by atoms with Crippen molar-refractivity contribution in [3.63, 3.8) is 0 Å². The first-order valence-corrected chi connectivity index (χ1v) is 6.77. The summed E-state index contributed by atoms with van der Waals surface area (Å²) in [6.45, 7) is 9.56. The average molecular weight is 241 g/mol. The highest BCUT2D eigenvalue weighted by atomic mass is 16.2. The topological polar surface area (TPSA) is 49.6 Å². The van der Waals surface area contributed by atoms with Crippen molar-refractivity contribution in [2.75, 3.05) is 26.2 Å². The van der Waals surface area contributed by atoms with Gasteiger partial charge < -0.3 is 10.6 Å². The molecule has 4 nitrogen and oxygen atoms in total. The van der Waals surface area contributed by atoms with E-state index in [2.05, 4.69) is 18.7 Å². The zero-order valence-electron chi connectivity index (χ0n) is 11.5. The van der Waals surface area contributed by atoms with E-state index >= 15 is 0 Å². The molecule has 0 radical (unpaired) electrons. The van der Waals surface area contributed by atoms with Crippen molar-refractivity contribution in [2.24, 2.45) is 5.73 Å². The highest BCUT2D eigenvalue weighted by Gasteiger charge is 2.26. The van der Waals surface area contributed by atoms with Crippen LogP contribution in [0.15, 0.2) is 0 Å². The lowest BCUT2D eigenvalue weighted by molar-refractivity contribution is -0.133. The predicted molar refractivity (Wildman–Crippen MR) is 70.8 cm³/mol. The normalized spacial score (nSPS) is 21.3. The van der Waals surface area contributed by atoms with Gasteiger partial charge in [-0.3, -0.25) is 9.69 Å².